The van der Waals surface area contributed by atoms with Crippen LogP contribution in [-0.2, 0) is 4.79 Å². The van der Waals surface area contributed by atoms with Gasteiger partial charge in [-0.2, -0.15) is 4.99 Å². The van der Waals surface area contributed by atoms with Crippen LogP contribution in [0.2, 0.25) is 5.02 Å². The maximum absolute atomic E-state index is 12.3. The molecule has 0 fully saturated rings. The van der Waals surface area contributed by atoms with Gasteiger partial charge < -0.3 is 5.32 Å². The summed E-state index contributed by atoms with van der Waals surface area (Å²) in [5, 5.41) is 7.32. The Bertz CT molecular complexity index is 695. The zero-order chi connectivity index (χ0) is 15.7. The molecular formula is C15H17ClN5O+. The predicted octanol–water partition coefficient (Wildman–Crippen LogP) is 0.680. The average Bonchev–Trinajstić information content (AvgIpc) is 2.92. The van der Waals surface area contributed by atoms with Gasteiger partial charge in [0.2, 0.25) is 5.84 Å². The number of hydrazine groups is 1. The van der Waals surface area contributed by atoms with E-state index in [2.05, 4.69) is 10.3 Å². The van der Waals surface area contributed by atoms with E-state index >= 15 is 0 Å². The van der Waals surface area contributed by atoms with Crippen molar-refractivity contribution in [2.24, 2.45) is 4.99 Å². The number of carbonyl (C=O) groups is 1. The monoisotopic (exact) mass is 318 g/mol. The predicted molar refractivity (Wildman–Crippen MR) is 86.1 cm³/mol. The molecule has 6 nitrogen and oxygen atoms in total. The number of carbonyl (C=O) groups excluding carboxylic acids is 1. The molecular weight excluding hydrogens is 302 g/mol. The summed E-state index contributed by atoms with van der Waals surface area (Å²) in [6.07, 6.45) is 5.68. The molecule has 3 rings (SSSR count). The van der Waals surface area contributed by atoms with Crippen LogP contribution in [0.5, 0.6) is 0 Å². The molecule has 1 aromatic rings. The lowest BCUT2D eigenvalue weighted by molar-refractivity contribution is -0.762. The number of hydrogen-bond acceptors (Lipinski definition) is 4. The second kappa shape index (κ2) is 5.92. The first-order valence-corrected chi connectivity index (χ1v) is 7.27. The van der Waals surface area contributed by atoms with Crippen LogP contribution < -0.4 is 10.2 Å². The molecule has 1 atom stereocenters. The fourth-order valence-electron chi connectivity index (χ4n) is 2.27. The van der Waals surface area contributed by atoms with Gasteiger partial charge in [-0.05, 0) is 12.1 Å². The number of fused-ring (bicyclic) bond motifs is 1. The van der Waals surface area contributed by atoms with Crippen LogP contribution >= 0.6 is 11.6 Å². The van der Waals surface area contributed by atoms with Gasteiger partial charge in [-0.25, -0.2) is 9.91 Å². The van der Waals surface area contributed by atoms with Crippen molar-refractivity contribution in [1.29, 1.82) is 0 Å². The summed E-state index contributed by atoms with van der Waals surface area (Å²) in [6.45, 7) is 0.700. The Hall–Kier alpha value is -2.15. The minimum atomic E-state index is -0.257. The molecule has 114 valence electrons. The molecule has 1 amide bonds. The van der Waals surface area contributed by atoms with E-state index in [1.54, 1.807) is 12.1 Å². The Kier molecular flexibility index (Phi) is 3.98. The van der Waals surface area contributed by atoms with Crippen molar-refractivity contribution >= 4 is 29.0 Å². The molecule has 2 aliphatic rings. The van der Waals surface area contributed by atoms with Crippen molar-refractivity contribution in [3.63, 3.8) is 0 Å². The van der Waals surface area contributed by atoms with E-state index in [4.69, 9.17) is 11.6 Å². The molecule has 22 heavy (non-hydrogen) atoms. The maximum Gasteiger partial charge on any atom is 0.280 e. The summed E-state index contributed by atoms with van der Waals surface area (Å²) >= 11 is 6.05. The highest BCUT2D eigenvalue weighted by molar-refractivity contribution is 6.33. The molecule has 1 aromatic carbocycles. The van der Waals surface area contributed by atoms with E-state index in [1.807, 2.05) is 54.7 Å². The van der Waals surface area contributed by atoms with Crippen molar-refractivity contribution in [2.45, 2.75) is 0 Å². The number of amides is 1. The number of nitrogens with zero attached hydrogens (tertiary/aromatic N) is 3. The van der Waals surface area contributed by atoms with Gasteiger partial charge >= 0.3 is 0 Å². The third-order valence-electron chi connectivity index (χ3n) is 3.49. The number of benzene rings is 1. The summed E-state index contributed by atoms with van der Waals surface area (Å²) in [5.41, 5.74) is 0.982. The van der Waals surface area contributed by atoms with E-state index < -0.39 is 0 Å². The van der Waals surface area contributed by atoms with Gasteiger partial charge in [0.05, 0.1) is 10.7 Å². The molecule has 1 unspecified atom stereocenters. The lowest BCUT2D eigenvalue weighted by Gasteiger charge is -2.30. The van der Waals surface area contributed by atoms with Gasteiger partial charge in [0.15, 0.2) is 12.4 Å². The highest BCUT2D eigenvalue weighted by atomic mass is 35.5. The number of para-hydroxylation sites is 1. The van der Waals surface area contributed by atoms with Crippen molar-refractivity contribution < 1.29 is 9.69 Å². The number of halogens is 1. The highest BCUT2D eigenvalue weighted by Gasteiger charge is 2.30. The Balaban J connectivity index is 1.74. The van der Waals surface area contributed by atoms with Gasteiger partial charge in [0.1, 0.15) is 6.20 Å². The minimum Gasteiger partial charge on any atom is -0.319 e. The van der Waals surface area contributed by atoms with E-state index in [0.717, 1.165) is 10.7 Å². The second-order valence-corrected chi connectivity index (χ2v) is 5.65. The van der Waals surface area contributed by atoms with Crippen LogP contribution in [0.3, 0.4) is 0 Å². The van der Waals surface area contributed by atoms with Gasteiger partial charge in [0.25, 0.3) is 5.91 Å². The fraction of sp³-hybridized carbons (Fsp3) is 0.200. The zero-order valence-corrected chi connectivity index (χ0v) is 13.1. The number of rotatable bonds is 3. The van der Waals surface area contributed by atoms with Crippen molar-refractivity contribution in [2.75, 3.05) is 26.1 Å². The van der Waals surface area contributed by atoms with Gasteiger partial charge in [0, 0.05) is 26.4 Å². The van der Waals surface area contributed by atoms with E-state index in [0.29, 0.717) is 23.1 Å². The van der Waals surface area contributed by atoms with Crippen LogP contribution in [0, 0.1) is 0 Å². The van der Waals surface area contributed by atoms with Gasteiger partial charge in [-0.3, -0.25) is 9.80 Å². The third-order valence-corrected chi connectivity index (χ3v) is 3.82. The van der Waals surface area contributed by atoms with Gasteiger partial charge in [-0.15, -0.1) is 0 Å². The summed E-state index contributed by atoms with van der Waals surface area (Å²) in [4.78, 5) is 17.7. The minimum absolute atomic E-state index is 0.257. The van der Waals surface area contributed by atoms with Gasteiger partial charge in [-0.1, -0.05) is 23.7 Å². The SMILES string of the molecule is CN(C)N1C=CC2=NC(C(=O)Nc3ccccc3Cl)=C[NH+]2C1. The maximum atomic E-state index is 12.3. The Morgan fingerprint density at radius 2 is 2.18 bits per heavy atom. The number of anilines is 1. The molecule has 2 heterocycles. The smallest absolute Gasteiger partial charge is 0.280 e. The molecule has 2 aliphatic heterocycles. The number of aliphatic imine (C=N–C) groups is 1. The van der Waals surface area contributed by atoms with Crippen LogP contribution in [0.1, 0.15) is 0 Å². The van der Waals surface area contributed by atoms with Crippen molar-refractivity contribution in [3.8, 4) is 0 Å². The number of amidine groups is 1. The van der Waals surface area contributed by atoms with Crippen LogP contribution in [0.15, 0.2) is 53.4 Å². The molecule has 0 spiro atoms. The molecule has 7 heteroatoms. The molecule has 0 radical (unpaired) electrons. The molecule has 0 saturated carbocycles. The van der Waals surface area contributed by atoms with Crippen LogP contribution in [-0.4, -0.2) is 42.5 Å². The summed E-state index contributed by atoms with van der Waals surface area (Å²) < 4.78 is 0. The van der Waals surface area contributed by atoms with E-state index in [9.17, 15) is 4.79 Å². The standard InChI is InChI=1S/C15H16ClN5O/c1-19(2)21-8-7-14-17-13(9-20(14)10-21)15(22)18-12-6-4-3-5-11(12)16/h3-9H,10H2,1-2H3,(H,18,22)/p+1. The molecule has 0 bridgehead atoms. The van der Waals surface area contributed by atoms with E-state index in [-0.39, 0.29) is 5.91 Å². The first-order chi connectivity index (χ1) is 10.5. The highest BCUT2D eigenvalue weighted by Crippen LogP contribution is 2.21. The number of hydrogen-bond donors (Lipinski definition) is 2. The zero-order valence-electron chi connectivity index (χ0n) is 12.4. The summed E-state index contributed by atoms with van der Waals surface area (Å²) in [6, 6.07) is 7.13. The Morgan fingerprint density at radius 3 is 2.91 bits per heavy atom. The Morgan fingerprint density at radius 1 is 1.41 bits per heavy atom. The third kappa shape index (κ3) is 2.89. The first kappa shape index (κ1) is 14.8. The largest absolute Gasteiger partial charge is 0.319 e. The number of nitrogens with one attached hydrogen (secondary N) is 2. The second-order valence-electron chi connectivity index (χ2n) is 5.25. The normalized spacial score (nSPS) is 19.8. The topological polar surface area (TPSA) is 52.4 Å². The molecule has 0 aliphatic carbocycles. The lowest BCUT2D eigenvalue weighted by Crippen LogP contribution is -3.11. The number of quaternary nitrogens is 1. The average molecular weight is 319 g/mol. The summed E-state index contributed by atoms with van der Waals surface area (Å²) in [5.74, 6) is 0.578. The quantitative estimate of drug-likeness (QED) is 0.862. The molecule has 2 N–H and O–H groups in total. The summed E-state index contributed by atoms with van der Waals surface area (Å²) in [7, 11) is 3.94. The van der Waals surface area contributed by atoms with Crippen LogP contribution in [0.4, 0.5) is 5.69 Å². The van der Waals surface area contributed by atoms with Crippen molar-refractivity contribution in [3.05, 3.63) is 53.5 Å². The van der Waals surface area contributed by atoms with Crippen molar-refractivity contribution in [1.82, 2.24) is 10.0 Å². The van der Waals surface area contributed by atoms with Crippen LogP contribution in [0.25, 0.3) is 0 Å². The fourth-order valence-corrected chi connectivity index (χ4v) is 2.45. The lowest BCUT2D eigenvalue weighted by atomic mass is 10.3. The van der Waals surface area contributed by atoms with E-state index in [1.165, 1.54) is 0 Å². The molecule has 0 saturated heterocycles. The Labute approximate surface area is 133 Å². The molecule has 0 aromatic heterocycles. The first-order valence-electron chi connectivity index (χ1n) is 6.89.